The van der Waals surface area contributed by atoms with Gasteiger partial charge in [-0.3, -0.25) is 18.8 Å². The average Bonchev–Trinajstić information content (AvgIpc) is 3.17. The molecule has 8 nitrogen and oxygen atoms in total. The Hall–Kier alpha value is -3.66. The second kappa shape index (κ2) is 10.1. The van der Waals surface area contributed by atoms with Gasteiger partial charge in [0.05, 0.1) is 25.1 Å². The number of thioether (sulfide) groups is 1. The zero-order valence-electron chi connectivity index (χ0n) is 19.0. The van der Waals surface area contributed by atoms with Gasteiger partial charge in [-0.15, -0.1) is 0 Å². The summed E-state index contributed by atoms with van der Waals surface area (Å²) < 4.78 is 21.6. The van der Waals surface area contributed by atoms with E-state index in [1.807, 2.05) is 6.92 Å². The van der Waals surface area contributed by atoms with Crippen LogP contribution in [0.3, 0.4) is 0 Å². The van der Waals surface area contributed by atoms with Gasteiger partial charge in [0, 0.05) is 12.2 Å². The minimum atomic E-state index is -0.353. The van der Waals surface area contributed by atoms with E-state index >= 15 is 0 Å². The van der Waals surface area contributed by atoms with Crippen LogP contribution in [0.1, 0.15) is 18.2 Å². The lowest BCUT2D eigenvalue weighted by Gasteiger charge is -2.13. The number of rotatable bonds is 8. The summed E-state index contributed by atoms with van der Waals surface area (Å²) in [4.78, 5) is 30.7. The number of halogens is 1. The molecule has 4 rings (SSSR count). The molecule has 0 aliphatic carbocycles. The number of benzene rings is 2. The molecule has 0 saturated heterocycles. The molecular formula is C24H24FN5O3S. The number of hydrogen-bond acceptors (Lipinski definition) is 6. The van der Waals surface area contributed by atoms with Crippen molar-refractivity contribution in [3.05, 3.63) is 76.0 Å². The molecule has 2 heterocycles. The van der Waals surface area contributed by atoms with Crippen LogP contribution in [0.25, 0.3) is 11.0 Å². The van der Waals surface area contributed by atoms with Gasteiger partial charge in [-0.25, -0.2) is 9.37 Å². The third-order valence-corrected chi connectivity index (χ3v) is 6.22. The van der Waals surface area contributed by atoms with Crippen LogP contribution in [0.4, 0.5) is 10.1 Å². The number of methoxy groups -OCH3 is 1. The largest absolute Gasteiger partial charge is 0.497 e. The molecule has 1 amide bonds. The van der Waals surface area contributed by atoms with Gasteiger partial charge < -0.3 is 10.1 Å². The molecule has 0 bridgehead atoms. The molecule has 176 valence electrons. The fourth-order valence-electron chi connectivity index (χ4n) is 3.54. The summed E-state index contributed by atoms with van der Waals surface area (Å²) in [6.07, 6.45) is 0. The lowest BCUT2D eigenvalue weighted by atomic mass is 10.2. The van der Waals surface area contributed by atoms with Crippen molar-refractivity contribution in [1.82, 2.24) is 19.3 Å². The molecule has 0 aliphatic rings. The minimum absolute atomic E-state index is 0.0500. The number of nitrogens with one attached hydrogen (secondary N) is 1. The molecule has 0 saturated carbocycles. The zero-order chi connectivity index (χ0) is 24.2. The Morgan fingerprint density at radius 3 is 2.50 bits per heavy atom. The monoisotopic (exact) mass is 481 g/mol. The Morgan fingerprint density at radius 2 is 1.85 bits per heavy atom. The zero-order valence-corrected chi connectivity index (χ0v) is 19.9. The third-order valence-electron chi connectivity index (χ3n) is 5.24. The lowest BCUT2D eigenvalue weighted by molar-refractivity contribution is -0.113. The Bertz CT molecular complexity index is 1380. The van der Waals surface area contributed by atoms with Gasteiger partial charge in [0.25, 0.3) is 5.56 Å². The number of fused-ring (bicyclic) bond motifs is 1. The molecule has 2 aromatic heterocycles. The minimum Gasteiger partial charge on any atom is -0.497 e. The molecule has 34 heavy (non-hydrogen) atoms. The highest BCUT2D eigenvalue weighted by Gasteiger charge is 2.19. The van der Waals surface area contributed by atoms with Crippen molar-refractivity contribution in [1.29, 1.82) is 0 Å². The van der Waals surface area contributed by atoms with Crippen molar-refractivity contribution in [2.75, 3.05) is 18.2 Å². The van der Waals surface area contributed by atoms with E-state index in [1.54, 1.807) is 55.1 Å². The van der Waals surface area contributed by atoms with Crippen molar-refractivity contribution in [3.63, 3.8) is 0 Å². The standard InChI is InChI=1S/C24H24FN5O3S/c1-4-30-22-21(15(2)28-30)27-24(29(23(22)32)13-16-5-7-17(25)8-6-16)34-14-20(31)26-18-9-11-19(33-3)12-10-18/h5-12H,4,13-14H2,1-3H3,(H,26,31). The first-order chi connectivity index (χ1) is 16.4. The number of aryl methyl sites for hydroxylation is 2. The molecule has 0 unspecified atom stereocenters. The van der Waals surface area contributed by atoms with E-state index in [-0.39, 0.29) is 29.6 Å². The van der Waals surface area contributed by atoms with Crippen molar-refractivity contribution in [3.8, 4) is 5.75 Å². The molecule has 0 aliphatic heterocycles. The predicted octanol–water partition coefficient (Wildman–Crippen LogP) is 3.85. The molecule has 4 aromatic rings. The maximum atomic E-state index is 13.5. The number of carbonyl (C=O) groups is 1. The van der Waals surface area contributed by atoms with Gasteiger partial charge in [0.1, 0.15) is 17.1 Å². The first-order valence-electron chi connectivity index (χ1n) is 10.7. The fraction of sp³-hybridized carbons (Fsp3) is 0.250. The topological polar surface area (TPSA) is 91.0 Å². The van der Waals surface area contributed by atoms with Crippen LogP contribution in [0, 0.1) is 12.7 Å². The van der Waals surface area contributed by atoms with E-state index in [9.17, 15) is 14.0 Å². The molecule has 0 atom stereocenters. The smallest absolute Gasteiger partial charge is 0.280 e. The second-order valence-corrected chi connectivity index (χ2v) is 8.52. The predicted molar refractivity (Wildman–Crippen MR) is 130 cm³/mol. The highest BCUT2D eigenvalue weighted by atomic mass is 32.2. The fourth-order valence-corrected chi connectivity index (χ4v) is 4.33. The molecule has 1 N–H and O–H groups in total. The van der Waals surface area contributed by atoms with Crippen LogP contribution in [0.2, 0.25) is 0 Å². The van der Waals surface area contributed by atoms with Gasteiger partial charge in [-0.1, -0.05) is 23.9 Å². The Labute approximate surface area is 199 Å². The van der Waals surface area contributed by atoms with Crippen LogP contribution in [0.5, 0.6) is 5.75 Å². The highest BCUT2D eigenvalue weighted by molar-refractivity contribution is 7.99. The molecule has 2 aromatic carbocycles. The average molecular weight is 482 g/mol. The van der Waals surface area contributed by atoms with Gasteiger partial charge in [0.2, 0.25) is 5.91 Å². The first-order valence-corrected chi connectivity index (χ1v) is 11.7. The molecule has 0 radical (unpaired) electrons. The number of hydrogen-bond donors (Lipinski definition) is 1. The Kier molecular flexibility index (Phi) is 6.97. The lowest BCUT2D eigenvalue weighted by Crippen LogP contribution is -2.26. The van der Waals surface area contributed by atoms with Crippen LogP contribution in [-0.2, 0) is 17.9 Å². The maximum Gasteiger partial charge on any atom is 0.280 e. The number of nitrogens with zero attached hydrogens (tertiary/aromatic N) is 4. The van der Waals surface area contributed by atoms with E-state index in [4.69, 9.17) is 9.72 Å². The van der Waals surface area contributed by atoms with Gasteiger partial charge in [-0.05, 0) is 55.8 Å². The molecule has 0 fully saturated rings. The SMILES string of the molecule is CCn1nc(C)c2nc(SCC(=O)Nc3ccc(OC)cc3)n(Cc3ccc(F)cc3)c(=O)c21. The summed E-state index contributed by atoms with van der Waals surface area (Å²) in [5.74, 6) is 0.152. The molecule has 10 heteroatoms. The number of aromatic nitrogens is 4. The van der Waals surface area contributed by atoms with Crippen molar-refractivity contribution in [2.45, 2.75) is 32.1 Å². The number of anilines is 1. The van der Waals surface area contributed by atoms with Crippen LogP contribution < -0.4 is 15.6 Å². The summed E-state index contributed by atoms with van der Waals surface area (Å²) in [6, 6.07) is 13.0. The number of carbonyl (C=O) groups excluding carboxylic acids is 1. The molecule has 0 spiro atoms. The molecular weight excluding hydrogens is 457 g/mol. The van der Waals surface area contributed by atoms with Gasteiger partial charge in [0.15, 0.2) is 10.7 Å². The van der Waals surface area contributed by atoms with Crippen LogP contribution in [-0.4, -0.2) is 38.1 Å². The van der Waals surface area contributed by atoms with E-state index in [2.05, 4.69) is 10.4 Å². The van der Waals surface area contributed by atoms with E-state index in [0.29, 0.717) is 39.9 Å². The van der Waals surface area contributed by atoms with Crippen molar-refractivity contribution in [2.24, 2.45) is 0 Å². The number of amides is 1. The van der Waals surface area contributed by atoms with Crippen molar-refractivity contribution >= 4 is 34.4 Å². The highest BCUT2D eigenvalue weighted by Crippen LogP contribution is 2.22. The van der Waals surface area contributed by atoms with Crippen LogP contribution in [0.15, 0.2) is 58.5 Å². The summed E-state index contributed by atoms with van der Waals surface area (Å²) in [6.45, 7) is 4.42. The summed E-state index contributed by atoms with van der Waals surface area (Å²) >= 11 is 1.16. The van der Waals surface area contributed by atoms with E-state index < -0.39 is 0 Å². The van der Waals surface area contributed by atoms with E-state index in [0.717, 1.165) is 17.3 Å². The summed E-state index contributed by atoms with van der Waals surface area (Å²) in [7, 11) is 1.57. The van der Waals surface area contributed by atoms with Crippen LogP contribution >= 0.6 is 11.8 Å². The Balaban J connectivity index is 1.64. The first kappa shape index (κ1) is 23.5. The second-order valence-electron chi connectivity index (χ2n) is 7.58. The summed E-state index contributed by atoms with van der Waals surface area (Å²) in [5.41, 5.74) is 2.70. The Morgan fingerprint density at radius 1 is 1.15 bits per heavy atom. The number of ether oxygens (including phenoxy) is 1. The normalized spacial score (nSPS) is 11.1. The van der Waals surface area contributed by atoms with Gasteiger partial charge in [-0.2, -0.15) is 5.10 Å². The van der Waals surface area contributed by atoms with Gasteiger partial charge >= 0.3 is 0 Å². The van der Waals surface area contributed by atoms with Crippen molar-refractivity contribution < 1.29 is 13.9 Å². The quantitative estimate of drug-likeness (QED) is 0.304. The summed E-state index contributed by atoms with van der Waals surface area (Å²) in [5, 5.41) is 7.65. The van der Waals surface area contributed by atoms with E-state index in [1.165, 1.54) is 16.7 Å². The third kappa shape index (κ3) is 4.96. The maximum absolute atomic E-state index is 13.5.